The molecule has 27 heavy (non-hydrogen) atoms. The standard InChI is InChI=1S/C21H24Cl2N2O2/c1-3-19(21(27)24-4-2)25(14-16-10-11-17(22)18(23)12-16)20(26)13-15-8-6-5-7-9-15/h5-12,19H,3-4,13-14H2,1-2H3,(H,24,27)/t19-/m1/s1. The van der Waals surface area contributed by atoms with Crippen molar-refractivity contribution >= 4 is 35.0 Å². The fourth-order valence-corrected chi connectivity index (χ4v) is 3.24. The molecule has 0 saturated heterocycles. The number of amides is 2. The van der Waals surface area contributed by atoms with Gasteiger partial charge in [-0.05, 0) is 36.6 Å². The molecule has 0 fully saturated rings. The van der Waals surface area contributed by atoms with Crippen LogP contribution in [0.25, 0.3) is 0 Å². The van der Waals surface area contributed by atoms with Crippen LogP contribution in [0.3, 0.4) is 0 Å². The molecule has 0 radical (unpaired) electrons. The summed E-state index contributed by atoms with van der Waals surface area (Å²) in [4.78, 5) is 27.2. The third kappa shape index (κ3) is 5.98. The Morgan fingerprint density at radius 3 is 2.30 bits per heavy atom. The third-order valence-corrected chi connectivity index (χ3v) is 5.01. The highest BCUT2D eigenvalue weighted by molar-refractivity contribution is 6.42. The van der Waals surface area contributed by atoms with Crippen LogP contribution in [-0.2, 0) is 22.6 Å². The summed E-state index contributed by atoms with van der Waals surface area (Å²) in [5.74, 6) is -0.258. The number of nitrogens with zero attached hydrogens (tertiary/aromatic N) is 1. The van der Waals surface area contributed by atoms with Crippen LogP contribution in [0.2, 0.25) is 10.0 Å². The lowest BCUT2D eigenvalue weighted by molar-refractivity contribution is -0.140. The molecule has 0 bridgehead atoms. The molecule has 0 aliphatic carbocycles. The van der Waals surface area contributed by atoms with E-state index in [0.29, 0.717) is 23.0 Å². The number of carbonyl (C=O) groups excluding carboxylic acids is 2. The van der Waals surface area contributed by atoms with Crippen molar-refractivity contribution in [3.8, 4) is 0 Å². The minimum atomic E-state index is -0.546. The van der Waals surface area contributed by atoms with Crippen LogP contribution in [0, 0.1) is 0 Å². The maximum atomic E-state index is 13.1. The Morgan fingerprint density at radius 1 is 1.00 bits per heavy atom. The van der Waals surface area contributed by atoms with Gasteiger partial charge in [-0.3, -0.25) is 9.59 Å². The van der Waals surface area contributed by atoms with E-state index in [1.807, 2.05) is 50.2 Å². The normalized spacial score (nSPS) is 11.7. The molecule has 1 N–H and O–H groups in total. The summed E-state index contributed by atoms with van der Waals surface area (Å²) in [7, 11) is 0. The zero-order chi connectivity index (χ0) is 19.8. The Balaban J connectivity index is 2.29. The first kappa shape index (κ1) is 21.3. The maximum absolute atomic E-state index is 13.1. The van der Waals surface area contributed by atoms with Gasteiger partial charge in [0.05, 0.1) is 16.5 Å². The molecule has 0 aliphatic heterocycles. The van der Waals surface area contributed by atoms with Gasteiger partial charge in [0, 0.05) is 13.1 Å². The van der Waals surface area contributed by atoms with Crippen LogP contribution in [-0.4, -0.2) is 29.3 Å². The number of likely N-dealkylation sites (N-methyl/N-ethyl adjacent to an activating group) is 1. The quantitative estimate of drug-likeness (QED) is 0.702. The maximum Gasteiger partial charge on any atom is 0.242 e. The van der Waals surface area contributed by atoms with Crippen LogP contribution in [0.5, 0.6) is 0 Å². The minimum absolute atomic E-state index is 0.106. The van der Waals surface area contributed by atoms with Gasteiger partial charge in [0.15, 0.2) is 0 Å². The van der Waals surface area contributed by atoms with Gasteiger partial charge in [0.1, 0.15) is 6.04 Å². The molecule has 2 amide bonds. The second kappa shape index (κ2) is 10.3. The summed E-state index contributed by atoms with van der Waals surface area (Å²) in [6, 6.07) is 14.2. The highest BCUT2D eigenvalue weighted by Gasteiger charge is 2.28. The summed E-state index contributed by atoms with van der Waals surface area (Å²) in [6.45, 7) is 4.57. The molecule has 4 nitrogen and oxygen atoms in total. The molecule has 2 rings (SSSR count). The summed E-state index contributed by atoms with van der Waals surface area (Å²) in [5.41, 5.74) is 1.74. The fraction of sp³-hybridized carbons (Fsp3) is 0.333. The van der Waals surface area contributed by atoms with Crippen molar-refractivity contribution in [2.24, 2.45) is 0 Å². The lowest BCUT2D eigenvalue weighted by Crippen LogP contribution is -2.49. The van der Waals surface area contributed by atoms with Crippen LogP contribution >= 0.6 is 23.2 Å². The summed E-state index contributed by atoms with van der Waals surface area (Å²) < 4.78 is 0. The van der Waals surface area contributed by atoms with E-state index in [1.165, 1.54) is 0 Å². The molecule has 1 atom stereocenters. The highest BCUT2D eigenvalue weighted by Crippen LogP contribution is 2.24. The van der Waals surface area contributed by atoms with Crippen LogP contribution in [0.1, 0.15) is 31.4 Å². The molecular formula is C21H24Cl2N2O2. The van der Waals surface area contributed by atoms with E-state index in [9.17, 15) is 9.59 Å². The molecule has 0 aromatic heterocycles. The predicted octanol–water partition coefficient (Wildman–Crippen LogP) is 4.48. The summed E-state index contributed by atoms with van der Waals surface area (Å²) >= 11 is 12.1. The lowest BCUT2D eigenvalue weighted by Gasteiger charge is -2.30. The van der Waals surface area contributed by atoms with Crippen molar-refractivity contribution in [1.29, 1.82) is 0 Å². The molecule has 0 unspecified atom stereocenters. The zero-order valence-electron chi connectivity index (χ0n) is 15.5. The largest absolute Gasteiger partial charge is 0.355 e. The van der Waals surface area contributed by atoms with Crippen molar-refractivity contribution in [2.45, 2.75) is 39.3 Å². The number of carbonyl (C=O) groups is 2. The second-order valence-electron chi connectivity index (χ2n) is 6.25. The van der Waals surface area contributed by atoms with Crippen molar-refractivity contribution < 1.29 is 9.59 Å². The number of benzene rings is 2. The molecule has 144 valence electrons. The van der Waals surface area contributed by atoms with Gasteiger partial charge >= 0.3 is 0 Å². The highest BCUT2D eigenvalue weighted by atomic mass is 35.5. The van der Waals surface area contributed by atoms with E-state index in [0.717, 1.165) is 11.1 Å². The Morgan fingerprint density at radius 2 is 1.70 bits per heavy atom. The van der Waals surface area contributed by atoms with Gasteiger partial charge in [0.2, 0.25) is 11.8 Å². The monoisotopic (exact) mass is 406 g/mol. The van der Waals surface area contributed by atoms with Crippen molar-refractivity contribution in [1.82, 2.24) is 10.2 Å². The zero-order valence-corrected chi connectivity index (χ0v) is 17.1. The van der Waals surface area contributed by atoms with E-state index in [4.69, 9.17) is 23.2 Å². The van der Waals surface area contributed by atoms with Gasteiger partial charge in [-0.25, -0.2) is 0 Å². The molecule has 2 aromatic carbocycles. The molecule has 0 spiro atoms. The second-order valence-corrected chi connectivity index (χ2v) is 7.07. The van der Waals surface area contributed by atoms with E-state index in [1.54, 1.807) is 17.0 Å². The predicted molar refractivity (Wildman–Crippen MR) is 110 cm³/mol. The Labute approximate surface area is 170 Å². The van der Waals surface area contributed by atoms with Crippen LogP contribution in [0.15, 0.2) is 48.5 Å². The average Bonchev–Trinajstić information content (AvgIpc) is 2.65. The van der Waals surface area contributed by atoms with Gasteiger partial charge in [0.25, 0.3) is 0 Å². The third-order valence-electron chi connectivity index (χ3n) is 4.27. The molecular weight excluding hydrogens is 383 g/mol. The van der Waals surface area contributed by atoms with Crippen molar-refractivity contribution in [3.05, 3.63) is 69.7 Å². The average molecular weight is 407 g/mol. The Kier molecular flexibility index (Phi) is 8.14. The topological polar surface area (TPSA) is 49.4 Å². The van der Waals surface area contributed by atoms with Gasteiger partial charge in [-0.1, -0.05) is 66.5 Å². The van der Waals surface area contributed by atoms with E-state index in [-0.39, 0.29) is 24.8 Å². The molecule has 0 heterocycles. The first-order valence-electron chi connectivity index (χ1n) is 9.01. The molecule has 2 aromatic rings. The number of halogens is 2. The lowest BCUT2D eigenvalue weighted by atomic mass is 10.1. The summed E-state index contributed by atoms with van der Waals surface area (Å²) in [6.07, 6.45) is 0.756. The smallest absolute Gasteiger partial charge is 0.242 e. The molecule has 6 heteroatoms. The van der Waals surface area contributed by atoms with E-state index in [2.05, 4.69) is 5.32 Å². The van der Waals surface area contributed by atoms with Gasteiger partial charge < -0.3 is 10.2 Å². The summed E-state index contributed by atoms with van der Waals surface area (Å²) in [5, 5.41) is 3.71. The van der Waals surface area contributed by atoms with Gasteiger partial charge in [-0.15, -0.1) is 0 Å². The van der Waals surface area contributed by atoms with Gasteiger partial charge in [-0.2, -0.15) is 0 Å². The number of hydrogen-bond acceptors (Lipinski definition) is 2. The number of nitrogens with one attached hydrogen (secondary N) is 1. The Bertz CT molecular complexity index is 781. The van der Waals surface area contributed by atoms with Crippen LogP contribution < -0.4 is 5.32 Å². The first-order chi connectivity index (χ1) is 13.0. The first-order valence-corrected chi connectivity index (χ1v) is 9.76. The minimum Gasteiger partial charge on any atom is -0.355 e. The SMILES string of the molecule is CCNC(=O)[C@@H](CC)N(Cc1ccc(Cl)c(Cl)c1)C(=O)Cc1ccccc1. The fourth-order valence-electron chi connectivity index (χ4n) is 2.92. The van der Waals surface area contributed by atoms with E-state index < -0.39 is 6.04 Å². The van der Waals surface area contributed by atoms with Crippen molar-refractivity contribution in [2.75, 3.05) is 6.54 Å². The Hall–Kier alpha value is -2.04. The number of hydrogen-bond donors (Lipinski definition) is 1. The van der Waals surface area contributed by atoms with Crippen molar-refractivity contribution in [3.63, 3.8) is 0 Å². The number of rotatable bonds is 8. The molecule has 0 saturated carbocycles. The van der Waals surface area contributed by atoms with E-state index >= 15 is 0 Å². The van der Waals surface area contributed by atoms with Crippen LogP contribution in [0.4, 0.5) is 0 Å². The molecule has 0 aliphatic rings.